The maximum atomic E-state index is 16.9. The Morgan fingerprint density at radius 3 is 1.48 bits per heavy atom. The van der Waals surface area contributed by atoms with E-state index in [9.17, 15) is 22.0 Å². The molecule has 3 rings (SSSR count). The monoisotopic (exact) mass is 456 g/mol. The van der Waals surface area contributed by atoms with Crippen LogP contribution < -0.4 is 0 Å². The third-order valence-corrected chi connectivity index (χ3v) is 7.94. The van der Waals surface area contributed by atoms with E-state index in [0.29, 0.717) is 12.1 Å². The van der Waals surface area contributed by atoms with Gasteiger partial charge in [-0.05, 0) is 70.8 Å². The Balaban J connectivity index is 2.22. The van der Waals surface area contributed by atoms with Crippen LogP contribution in [0.15, 0.2) is 87.5 Å². The number of hydrogen-bond donors (Lipinski definition) is 0. The summed E-state index contributed by atoms with van der Waals surface area (Å²) in [5, 5.41) is 0. The van der Waals surface area contributed by atoms with Gasteiger partial charge in [0, 0.05) is 20.2 Å². The molecule has 0 aliphatic carbocycles. The van der Waals surface area contributed by atoms with Crippen LogP contribution >= 0.6 is 10.4 Å². The first-order valence-corrected chi connectivity index (χ1v) is 11.3. The highest BCUT2D eigenvalue weighted by molar-refractivity contribution is 8.29. The molecule has 3 aromatic rings. The van der Waals surface area contributed by atoms with E-state index >= 15 is 3.89 Å². The van der Waals surface area contributed by atoms with Crippen LogP contribution in [0.25, 0.3) is 0 Å². The van der Waals surface area contributed by atoms with E-state index in [-0.39, 0.29) is 14.7 Å². The smallest absolute Gasteiger partial charge is 0.191 e. The van der Waals surface area contributed by atoms with Gasteiger partial charge in [-0.2, -0.15) is 25.8 Å². The zero-order valence-electron chi connectivity index (χ0n) is 17.0. The van der Waals surface area contributed by atoms with E-state index in [1.165, 1.54) is 6.07 Å². The number of rotatable bonds is 6. The SMILES string of the molecule is CCc1ccc(S(F)(c2ccc(CC)cc2)c2cccc(C(F)(F)C(F)(F)F)c2)cc1. The summed E-state index contributed by atoms with van der Waals surface area (Å²) in [6.07, 6.45) is -4.31. The molecule has 0 unspecified atom stereocenters. The summed E-state index contributed by atoms with van der Waals surface area (Å²) in [6.45, 7) is 3.88. The second-order valence-electron chi connectivity index (χ2n) is 7.13. The van der Waals surface area contributed by atoms with Gasteiger partial charge in [0.2, 0.25) is 0 Å². The standard InChI is InChI=1S/C24H22F6S/c1-3-17-8-12-20(13-9-17)31(30,21-14-10-18(4-2)11-15-21)22-7-5-6-19(16-22)23(25,26)24(27,28)29/h5-16H,3-4H2,1-2H3. The Kier molecular flexibility index (Phi) is 6.46. The maximum absolute atomic E-state index is 16.9. The lowest BCUT2D eigenvalue weighted by atomic mass is 10.1. The lowest BCUT2D eigenvalue weighted by Crippen LogP contribution is -2.33. The molecule has 31 heavy (non-hydrogen) atoms. The van der Waals surface area contributed by atoms with Gasteiger partial charge >= 0.3 is 12.1 Å². The highest BCUT2D eigenvalue weighted by Gasteiger charge is 2.58. The number of halogens is 6. The third kappa shape index (κ3) is 4.33. The average Bonchev–Trinajstić information content (AvgIpc) is 2.78. The molecule has 0 atom stereocenters. The van der Waals surface area contributed by atoms with E-state index in [1.54, 1.807) is 48.5 Å². The Labute approximate surface area is 179 Å². The molecule has 0 saturated heterocycles. The molecule has 0 amide bonds. The summed E-state index contributed by atoms with van der Waals surface area (Å²) in [7, 11) is -3.55. The van der Waals surface area contributed by atoms with Crippen LogP contribution in [-0.2, 0) is 18.8 Å². The maximum Gasteiger partial charge on any atom is 0.458 e. The minimum Gasteiger partial charge on any atom is -0.191 e. The van der Waals surface area contributed by atoms with Gasteiger partial charge in [0.25, 0.3) is 0 Å². The van der Waals surface area contributed by atoms with Crippen molar-refractivity contribution in [2.75, 3.05) is 0 Å². The molecule has 0 bridgehead atoms. The molecular weight excluding hydrogens is 434 g/mol. The number of benzene rings is 3. The van der Waals surface area contributed by atoms with E-state index < -0.39 is 28.1 Å². The highest BCUT2D eigenvalue weighted by atomic mass is 32.3. The van der Waals surface area contributed by atoms with E-state index in [0.717, 1.165) is 30.0 Å². The lowest BCUT2D eigenvalue weighted by Gasteiger charge is -2.33. The van der Waals surface area contributed by atoms with E-state index in [1.807, 2.05) is 13.8 Å². The van der Waals surface area contributed by atoms with Crippen molar-refractivity contribution < 1.29 is 25.8 Å². The van der Waals surface area contributed by atoms with E-state index in [2.05, 4.69) is 0 Å². The molecule has 0 heterocycles. The van der Waals surface area contributed by atoms with Crippen LogP contribution in [-0.4, -0.2) is 6.18 Å². The first-order valence-electron chi connectivity index (χ1n) is 9.80. The zero-order valence-corrected chi connectivity index (χ0v) is 17.8. The van der Waals surface area contributed by atoms with Crippen LogP contribution in [0.5, 0.6) is 0 Å². The molecule has 0 radical (unpaired) electrons. The Morgan fingerprint density at radius 1 is 0.645 bits per heavy atom. The second-order valence-corrected chi connectivity index (χ2v) is 9.62. The van der Waals surface area contributed by atoms with Crippen molar-refractivity contribution in [3.63, 3.8) is 0 Å². The summed E-state index contributed by atoms with van der Waals surface area (Å²) < 4.78 is 83.6. The molecule has 0 nitrogen and oxygen atoms in total. The van der Waals surface area contributed by atoms with Gasteiger partial charge < -0.3 is 0 Å². The molecular formula is C24H22F6S. The molecule has 0 aromatic heterocycles. The van der Waals surface area contributed by atoms with Gasteiger partial charge in [0.15, 0.2) is 0 Å². The van der Waals surface area contributed by atoms with Crippen LogP contribution in [0.4, 0.5) is 25.8 Å². The Hall–Kier alpha value is -2.41. The summed E-state index contributed by atoms with van der Waals surface area (Å²) >= 11 is 0. The number of alkyl halides is 5. The minimum absolute atomic E-state index is 0.206. The molecule has 0 fully saturated rings. The number of hydrogen-bond acceptors (Lipinski definition) is 0. The minimum atomic E-state index is -5.77. The van der Waals surface area contributed by atoms with Gasteiger partial charge in [-0.15, -0.1) is 0 Å². The van der Waals surface area contributed by atoms with Crippen molar-refractivity contribution in [1.82, 2.24) is 0 Å². The van der Waals surface area contributed by atoms with Crippen LogP contribution in [0.2, 0.25) is 0 Å². The fourth-order valence-electron chi connectivity index (χ4n) is 3.26. The molecule has 3 aromatic carbocycles. The van der Waals surface area contributed by atoms with Crippen molar-refractivity contribution in [3.05, 3.63) is 89.5 Å². The third-order valence-electron chi connectivity index (χ3n) is 5.19. The highest BCUT2D eigenvalue weighted by Crippen LogP contribution is 2.70. The predicted molar refractivity (Wildman–Crippen MR) is 112 cm³/mol. The second kappa shape index (κ2) is 8.61. The summed E-state index contributed by atoms with van der Waals surface area (Å²) in [6, 6.07) is 16.9. The molecule has 166 valence electrons. The van der Waals surface area contributed by atoms with Gasteiger partial charge in [0.1, 0.15) is 0 Å². The quantitative estimate of drug-likeness (QED) is 0.326. The van der Waals surface area contributed by atoms with Crippen molar-refractivity contribution in [3.8, 4) is 0 Å². The van der Waals surface area contributed by atoms with Gasteiger partial charge in [-0.25, -0.2) is 0 Å². The topological polar surface area (TPSA) is 0 Å². The average molecular weight is 456 g/mol. The van der Waals surface area contributed by atoms with Crippen molar-refractivity contribution in [2.24, 2.45) is 0 Å². The molecule has 0 aliphatic heterocycles. The molecule has 0 spiro atoms. The Bertz CT molecular complexity index is 976. The molecule has 0 saturated carbocycles. The molecule has 0 N–H and O–H groups in total. The van der Waals surface area contributed by atoms with Crippen LogP contribution in [0.3, 0.4) is 0 Å². The zero-order chi connectivity index (χ0) is 22.9. The van der Waals surface area contributed by atoms with E-state index in [4.69, 9.17) is 0 Å². The lowest BCUT2D eigenvalue weighted by molar-refractivity contribution is -0.289. The van der Waals surface area contributed by atoms with Gasteiger partial charge in [-0.3, -0.25) is 0 Å². The van der Waals surface area contributed by atoms with Gasteiger partial charge in [-0.1, -0.05) is 50.2 Å². The molecule has 7 heteroatoms. The first-order chi connectivity index (χ1) is 14.5. The summed E-state index contributed by atoms with van der Waals surface area (Å²) in [4.78, 5) is 0.269. The largest absolute Gasteiger partial charge is 0.458 e. The fourth-order valence-corrected chi connectivity index (χ4v) is 5.66. The fraction of sp³-hybridized carbons (Fsp3) is 0.250. The van der Waals surface area contributed by atoms with Crippen molar-refractivity contribution in [1.29, 1.82) is 0 Å². The van der Waals surface area contributed by atoms with Crippen molar-refractivity contribution in [2.45, 2.75) is 53.5 Å². The molecule has 0 aliphatic rings. The summed E-state index contributed by atoms with van der Waals surface area (Å²) in [5.41, 5.74) is 0.649. The van der Waals surface area contributed by atoms with Crippen molar-refractivity contribution >= 4 is 10.4 Å². The first kappa shape index (κ1) is 23.3. The van der Waals surface area contributed by atoms with Crippen LogP contribution in [0, 0.1) is 0 Å². The normalized spacial score (nSPS) is 13.3. The van der Waals surface area contributed by atoms with Crippen LogP contribution in [0.1, 0.15) is 30.5 Å². The Morgan fingerprint density at radius 2 is 1.10 bits per heavy atom. The predicted octanol–water partition coefficient (Wildman–Crippen LogP) is 8.63. The van der Waals surface area contributed by atoms with Gasteiger partial charge in [0.05, 0.1) is 0 Å². The summed E-state index contributed by atoms with van der Waals surface area (Å²) in [5.74, 6) is -5.08. The number of aryl methyl sites for hydroxylation is 2.